The molecule has 15 heavy (non-hydrogen) atoms. The highest BCUT2D eigenvalue weighted by molar-refractivity contribution is 7.13. The maximum Gasteiger partial charge on any atom is 0.229 e. The minimum Gasteiger partial charge on any atom is -0.302 e. The maximum absolute atomic E-state index is 13.1. The zero-order chi connectivity index (χ0) is 10.7. The molecule has 1 N–H and O–H groups in total. The lowest BCUT2D eigenvalue weighted by Crippen LogP contribution is -2.28. The van der Waals surface area contributed by atoms with Crippen molar-refractivity contribution in [3.63, 3.8) is 0 Å². The zero-order valence-corrected chi connectivity index (χ0v) is 9.10. The average molecular weight is 228 g/mol. The summed E-state index contributed by atoms with van der Waals surface area (Å²) in [4.78, 5) is 15.7. The Bertz CT molecular complexity index is 328. The van der Waals surface area contributed by atoms with Crippen molar-refractivity contribution in [2.75, 3.05) is 5.32 Å². The van der Waals surface area contributed by atoms with E-state index in [4.69, 9.17) is 0 Å². The van der Waals surface area contributed by atoms with E-state index in [0.29, 0.717) is 18.0 Å². The molecule has 82 valence electrons. The number of thiazole rings is 1. The van der Waals surface area contributed by atoms with Gasteiger partial charge in [-0.05, 0) is 25.7 Å². The molecule has 0 bridgehead atoms. The van der Waals surface area contributed by atoms with Gasteiger partial charge in [-0.15, -0.1) is 11.3 Å². The summed E-state index contributed by atoms with van der Waals surface area (Å²) in [5.41, 5.74) is 0. The number of nitrogens with zero attached hydrogens (tertiary/aromatic N) is 1. The minimum atomic E-state index is -0.814. The Morgan fingerprint density at radius 3 is 3.13 bits per heavy atom. The number of anilines is 1. The predicted molar refractivity (Wildman–Crippen MR) is 57.6 cm³/mol. The summed E-state index contributed by atoms with van der Waals surface area (Å²) < 4.78 is 13.1. The van der Waals surface area contributed by atoms with Crippen molar-refractivity contribution in [2.24, 2.45) is 5.92 Å². The van der Waals surface area contributed by atoms with Gasteiger partial charge in [0, 0.05) is 17.5 Å². The van der Waals surface area contributed by atoms with E-state index in [0.717, 1.165) is 12.8 Å². The van der Waals surface area contributed by atoms with Gasteiger partial charge < -0.3 is 5.32 Å². The van der Waals surface area contributed by atoms with Crippen molar-refractivity contribution < 1.29 is 9.18 Å². The number of carbonyl (C=O) groups excluding carboxylic acids is 1. The fourth-order valence-electron chi connectivity index (χ4n) is 1.86. The molecule has 1 aromatic heterocycles. The molecule has 2 atom stereocenters. The van der Waals surface area contributed by atoms with Crippen molar-refractivity contribution in [1.82, 2.24) is 4.98 Å². The molecule has 1 aliphatic rings. The van der Waals surface area contributed by atoms with Crippen LogP contribution < -0.4 is 5.32 Å². The first-order valence-corrected chi connectivity index (χ1v) is 5.98. The molecule has 1 fully saturated rings. The summed E-state index contributed by atoms with van der Waals surface area (Å²) in [6.45, 7) is 0. The highest BCUT2D eigenvalue weighted by atomic mass is 32.1. The third-order valence-electron chi connectivity index (χ3n) is 2.64. The fourth-order valence-corrected chi connectivity index (χ4v) is 2.39. The Balaban J connectivity index is 1.90. The number of hydrogen-bond donors (Lipinski definition) is 1. The van der Waals surface area contributed by atoms with Crippen LogP contribution in [0.25, 0.3) is 0 Å². The van der Waals surface area contributed by atoms with E-state index in [2.05, 4.69) is 10.3 Å². The lowest BCUT2D eigenvalue weighted by molar-refractivity contribution is -0.121. The topological polar surface area (TPSA) is 42.0 Å². The van der Waals surface area contributed by atoms with Crippen LogP contribution in [0.3, 0.4) is 0 Å². The van der Waals surface area contributed by atoms with Crippen molar-refractivity contribution in [2.45, 2.75) is 31.9 Å². The molecule has 1 amide bonds. The van der Waals surface area contributed by atoms with Crippen LogP contribution in [0.5, 0.6) is 0 Å². The van der Waals surface area contributed by atoms with Crippen LogP contribution in [-0.2, 0) is 4.79 Å². The molecule has 1 aliphatic carbocycles. The van der Waals surface area contributed by atoms with Gasteiger partial charge in [0.25, 0.3) is 0 Å². The Morgan fingerprint density at radius 2 is 2.47 bits per heavy atom. The van der Waals surface area contributed by atoms with Crippen molar-refractivity contribution in [3.05, 3.63) is 11.6 Å². The van der Waals surface area contributed by atoms with E-state index in [-0.39, 0.29) is 11.8 Å². The number of nitrogens with one attached hydrogen (secondary N) is 1. The number of hydrogen-bond acceptors (Lipinski definition) is 3. The molecule has 0 unspecified atom stereocenters. The first-order valence-electron chi connectivity index (χ1n) is 5.10. The smallest absolute Gasteiger partial charge is 0.229 e. The largest absolute Gasteiger partial charge is 0.302 e. The van der Waals surface area contributed by atoms with Crippen LogP contribution in [-0.4, -0.2) is 17.1 Å². The molecule has 1 saturated carbocycles. The van der Waals surface area contributed by atoms with Gasteiger partial charge in [-0.2, -0.15) is 0 Å². The first-order chi connectivity index (χ1) is 7.25. The summed E-state index contributed by atoms with van der Waals surface area (Å²) in [5, 5.41) is 5.11. The lowest BCUT2D eigenvalue weighted by atomic mass is 9.87. The van der Waals surface area contributed by atoms with Crippen molar-refractivity contribution in [3.8, 4) is 0 Å². The Hall–Kier alpha value is -0.970. The Labute approximate surface area is 91.7 Å². The number of aromatic nitrogens is 1. The second kappa shape index (κ2) is 4.70. The molecule has 1 heterocycles. The van der Waals surface area contributed by atoms with Crippen molar-refractivity contribution in [1.29, 1.82) is 0 Å². The number of carbonyl (C=O) groups is 1. The monoisotopic (exact) mass is 228 g/mol. The molecule has 5 heteroatoms. The Kier molecular flexibility index (Phi) is 3.30. The number of alkyl halides is 1. The quantitative estimate of drug-likeness (QED) is 0.845. The SMILES string of the molecule is O=C(Nc1nccs1)[C@@H]1CCC[C@H](F)C1. The Morgan fingerprint density at radius 1 is 1.60 bits per heavy atom. The molecule has 0 aromatic carbocycles. The molecule has 0 spiro atoms. The fraction of sp³-hybridized carbons (Fsp3) is 0.600. The molecule has 1 aromatic rings. The summed E-state index contributed by atoms with van der Waals surface area (Å²) in [7, 11) is 0. The standard InChI is InChI=1S/C10H13FN2OS/c11-8-3-1-2-7(6-8)9(14)13-10-12-4-5-15-10/h4-5,7-8H,1-3,6H2,(H,12,13,14)/t7-,8+/m1/s1. The van der Waals surface area contributed by atoms with Gasteiger partial charge in [-0.3, -0.25) is 4.79 Å². The maximum atomic E-state index is 13.1. The van der Waals surface area contributed by atoms with E-state index in [1.807, 2.05) is 0 Å². The summed E-state index contributed by atoms with van der Waals surface area (Å²) in [6.07, 6.45) is 3.37. The molecular formula is C10H13FN2OS. The predicted octanol–water partition coefficient (Wildman–Crippen LogP) is 2.61. The molecule has 0 radical (unpaired) electrons. The summed E-state index contributed by atoms with van der Waals surface area (Å²) in [6, 6.07) is 0. The third-order valence-corrected chi connectivity index (χ3v) is 3.33. The minimum absolute atomic E-state index is 0.0905. The van der Waals surface area contributed by atoms with Gasteiger partial charge >= 0.3 is 0 Å². The van der Waals surface area contributed by atoms with Crippen LogP contribution in [0.1, 0.15) is 25.7 Å². The molecule has 0 aliphatic heterocycles. The van der Waals surface area contributed by atoms with E-state index in [9.17, 15) is 9.18 Å². The van der Waals surface area contributed by atoms with E-state index >= 15 is 0 Å². The number of rotatable bonds is 2. The van der Waals surface area contributed by atoms with Gasteiger partial charge in [0.15, 0.2) is 5.13 Å². The second-order valence-corrected chi connectivity index (χ2v) is 4.68. The first kappa shape index (κ1) is 10.5. The van der Waals surface area contributed by atoms with Gasteiger partial charge in [0.1, 0.15) is 6.17 Å². The summed E-state index contributed by atoms with van der Waals surface area (Å²) >= 11 is 1.38. The average Bonchev–Trinajstić information content (AvgIpc) is 2.70. The van der Waals surface area contributed by atoms with Crippen LogP contribution in [0, 0.1) is 5.92 Å². The zero-order valence-electron chi connectivity index (χ0n) is 8.28. The van der Waals surface area contributed by atoms with Gasteiger partial charge in [0.2, 0.25) is 5.91 Å². The molecule has 0 saturated heterocycles. The van der Waals surface area contributed by atoms with Crippen LogP contribution in [0.4, 0.5) is 9.52 Å². The van der Waals surface area contributed by atoms with Crippen LogP contribution in [0.2, 0.25) is 0 Å². The molecule has 3 nitrogen and oxygen atoms in total. The van der Waals surface area contributed by atoms with Crippen LogP contribution >= 0.6 is 11.3 Å². The third kappa shape index (κ3) is 2.75. The normalized spacial score (nSPS) is 26.2. The van der Waals surface area contributed by atoms with E-state index < -0.39 is 6.17 Å². The van der Waals surface area contributed by atoms with Crippen LogP contribution in [0.15, 0.2) is 11.6 Å². The van der Waals surface area contributed by atoms with Gasteiger partial charge in [-0.1, -0.05) is 0 Å². The van der Waals surface area contributed by atoms with Gasteiger partial charge in [-0.25, -0.2) is 9.37 Å². The van der Waals surface area contributed by atoms with Gasteiger partial charge in [0.05, 0.1) is 0 Å². The lowest BCUT2D eigenvalue weighted by Gasteiger charge is -2.22. The van der Waals surface area contributed by atoms with E-state index in [1.54, 1.807) is 11.6 Å². The number of halogens is 1. The highest BCUT2D eigenvalue weighted by Gasteiger charge is 2.27. The van der Waals surface area contributed by atoms with E-state index in [1.165, 1.54) is 11.3 Å². The molecular weight excluding hydrogens is 215 g/mol. The second-order valence-electron chi connectivity index (χ2n) is 3.79. The summed E-state index contributed by atoms with van der Waals surface area (Å²) in [5.74, 6) is -0.273. The molecule has 2 rings (SSSR count). The highest BCUT2D eigenvalue weighted by Crippen LogP contribution is 2.27. The number of amides is 1. The van der Waals surface area contributed by atoms with Crippen molar-refractivity contribution >= 4 is 22.4 Å².